The fourth-order valence-electron chi connectivity index (χ4n) is 3.01. The van der Waals surface area contributed by atoms with Crippen LogP contribution < -0.4 is 0 Å². The van der Waals surface area contributed by atoms with Crippen LogP contribution in [-0.4, -0.2) is 25.0 Å². The molecule has 2 rings (SSSR count). The smallest absolute Gasteiger partial charge is 0.153 e. The van der Waals surface area contributed by atoms with E-state index < -0.39 is 20.7 Å². The summed E-state index contributed by atoms with van der Waals surface area (Å²) in [5.74, 6) is 0.429. The largest absolute Gasteiger partial charge is 0.384 e. The molecule has 0 amide bonds. The van der Waals surface area contributed by atoms with E-state index in [1.165, 1.54) is 11.8 Å². The Morgan fingerprint density at radius 3 is 2.32 bits per heavy atom. The third kappa shape index (κ3) is 2.70. The Morgan fingerprint density at radius 2 is 1.84 bits per heavy atom. The van der Waals surface area contributed by atoms with Crippen LogP contribution in [0.5, 0.6) is 0 Å². The van der Waals surface area contributed by atoms with Crippen LogP contribution in [0.25, 0.3) is 0 Å². The summed E-state index contributed by atoms with van der Waals surface area (Å²) >= 11 is 0. The van der Waals surface area contributed by atoms with Gasteiger partial charge in [0.05, 0.1) is 5.25 Å². The van der Waals surface area contributed by atoms with Gasteiger partial charge < -0.3 is 5.11 Å². The fraction of sp³-hybridized carbons (Fsp3) is 0.600. The maximum atomic E-state index is 11.8. The zero-order valence-electron chi connectivity index (χ0n) is 11.8. The number of benzene rings is 1. The van der Waals surface area contributed by atoms with Gasteiger partial charge in [-0.05, 0) is 36.3 Å². The zero-order valence-corrected chi connectivity index (χ0v) is 12.6. The first kappa shape index (κ1) is 14.5. The highest BCUT2D eigenvalue weighted by molar-refractivity contribution is 7.91. The molecule has 1 aromatic carbocycles. The first-order valence-electron chi connectivity index (χ1n) is 6.77. The molecule has 0 aromatic heterocycles. The Kier molecular flexibility index (Phi) is 3.76. The van der Waals surface area contributed by atoms with Crippen LogP contribution in [0.1, 0.15) is 50.2 Å². The van der Waals surface area contributed by atoms with Crippen molar-refractivity contribution < 1.29 is 13.5 Å². The third-order valence-electron chi connectivity index (χ3n) is 4.15. The lowest BCUT2D eigenvalue weighted by atomic mass is 9.90. The summed E-state index contributed by atoms with van der Waals surface area (Å²) in [6, 6.07) is 7.71. The van der Waals surface area contributed by atoms with E-state index in [-0.39, 0.29) is 0 Å². The number of hydrogen-bond donors (Lipinski definition) is 1. The number of hydrogen-bond acceptors (Lipinski definition) is 3. The van der Waals surface area contributed by atoms with E-state index in [0.29, 0.717) is 18.8 Å². The van der Waals surface area contributed by atoms with Gasteiger partial charge in [-0.3, -0.25) is 0 Å². The Labute approximate surface area is 115 Å². The molecule has 1 aliphatic carbocycles. The van der Waals surface area contributed by atoms with Gasteiger partial charge in [-0.15, -0.1) is 0 Å². The lowest BCUT2D eigenvalue weighted by molar-refractivity contribution is 0.0477. The molecule has 2 atom stereocenters. The molecule has 106 valence electrons. The van der Waals surface area contributed by atoms with Crippen LogP contribution in [0.2, 0.25) is 0 Å². The molecular weight excluding hydrogens is 260 g/mol. The van der Waals surface area contributed by atoms with Crippen LogP contribution in [0.3, 0.4) is 0 Å². The first-order chi connectivity index (χ1) is 8.75. The summed E-state index contributed by atoms with van der Waals surface area (Å²) in [5.41, 5.74) is 0.703. The molecule has 3 nitrogen and oxygen atoms in total. The molecule has 1 saturated carbocycles. The average molecular weight is 282 g/mol. The van der Waals surface area contributed by atoms with Crippen LogP contribution >= 0.6 is 0 Å². The SMILES string of the molecule is CC(C)c1ccc(C2(O)CCCC2S(C)(=O)=O)cc1. The second-order valence-corrected chi connectivity index (χ2v) is 8.14. The maximum absolute atomic E-state index is 11.8. The van der Waals surface area contributed by atoms with Gasteiger partial charge >= 0.3 is 0 Å². The Balaban J connectivity index is 2.39. The van der Waals surface area contributed by atoms with Gasteiger partial charge in [0.25, 0.3) is 0 Å². The van der Waals surface area contributed by atoms with Crippen molar-refractivity contribution in [3.63, 3.8) is 0 Å². The average Bonchev–Trinajstić information content (AvgIpc) is 2.72. The van der Waals surface area contributed by atoms with Gasteiger partial charge in [-0.2, -0.15) is 0 Å². The van der Waals surface area contributed by atoms with Crippen LogP contribution in [-0.2, 0) is 15.4 Å². The summed E-state index contributed by atoms with van der Waals surface area (Å²) in [4.78, 5) is 0. The summed E-state index contributed by atoms with van der Waals surface area (Å²) in [5, 5.41) is 10.1. The van der Waals surface area contributed by atoms with Gasteiger partial charge in [0.2, 0.25) is 0 Å². The first-order valence-corrected chi connectivity index (χ1v) is 8.72. The molecule has 19 heavy (non-hydrogen) atoms. The topological polar surface area (TPSA) is 54.4 Å². The van der Waals surface area contributed by atoms with Crippen LogP contribution in [0.4, 0.5) is 0 Å². The second kappa shape index (κ2) is 4.91. The van der Waals surface area contributed by atoms with Crippen LogP contribution in [0.15, 0.2) is 24.3 Å². The summed E-state index contributed by atoms with van der Waals surface area (Å²) in [7, 11) is -3.23. The van der Waals surface area contributed by atoms with Crippen molar-refractivity contribution in [3.8, 4) is 0 Å². The van der Waals surface area contributed by atoms with Gasteiger partial charge in [0.15, 0.2) is 9.84 Å². The van der Waals surface area contributed by atoms with E-state index in [0.717, 1.165) is 12.0 Å². The molecule has 4 heteroatoms. The molecule has 0 saturated heterocycles. The van der Waals surface area contributed by atoms with Crippen molar-refractivity contribution >= 4 is 9.84 Å². The molecule has 1 N–H and O–H groups in total. The van der Waals surface area contributed by atoms with E-state index >= 15 is 0 Å². The van der Waals surface area contributed by atoms with Crippen molar-refractivity contribution in [1.29, 1.82) is 0 Å². The summed E-state index contributed by atoms with van der Waals surface area (Å²) in [6.45, 7) is 4.22. The maximum Gasteiger partial charge on any atom is 0.153 e. The number of rotatable bonds is 3. The Morgan fingerprint density at radius 1 is 1.26 bits per heavy atom. The molecule has 0 bridgehead atoms. The molecule has 1 aliphatic rings. The minimum absolute atomic E-state index is 0.429. The van der Waals surface area contributed by atoms with E-state index in [9.17, 15) is 13.5 Å². The Bertz CT molecular complexity index is 545. The highest BCUT2D eigenvalue weighted by Crippen LogP contribution is 2.42. The third-order valence-corrected chi connectivity index (χ3v) is 5.81. The molecule has 0 aliphatic heterocycles. The minimum Gasteiger partial charge on any atom is -0.384 e. The fourth-order valence-corrected chi connectivity index (χ4v) is 4.57. The predicted octanol–water partition coefficient (Wildman–Crippen LogP) is 2.59. The van der Waals surface area contributed by atoms with Crippen molar-refractivity contribution in [3.05, 3.63) is 35.4 Å². The van der Waals surface area contributed by atoms with E-state index in [4.69, 9.17) is 0 Å². The second-order valence-electron chi connectivity index (χ2n) is 5.91. The molecule has 1 aromatic rings. The molecule has 0 radical (unpaired) electrons. The summed E-state index contributed by atoms with van der Waals surface area (Å²) < 4.78 is 23.7. The monoisotopic (exact) mass is 282 g/mol. The molecule has 0 heterocycles. The van der Waals surface area contributed by atoms with Crippen molar-refractivity contribution in [2.24, 2.45) is 0 Å². The summed E-state index contributed by atoms with van der Waals surface area (Å²) in [6.07, 6.45) is 3.03. The highest BCUT2D eigenvalue weighted by atomic mass is 32.2. The van der Waals surface area contributed by atoms with Gasteiger partial charge in [-0.1, -0.05) is 38.1 Å². The molecule has 0 spiro atoms. The lowest BCUT2D eigenvalue weighted by Gasteiger charge is -2.29. The lowest BCUT2D eigenvalue weighted by Crippen LogP contribution is -2.39. The highest BCUT2D eigenvalue weighted by Gasteiger charge is 2.47. The van der Waals surface area contributed by atoms with E-state index in [1.54, 1.807) is 0 Å². The van der Waals surface area contributed by atoms with Crippen molar-refractivity contribution in [1.82, 2.24) is 0 Å². The number of aliphatic hydroxyl groups is 1. The normalized spacial score (nSPS) is 27.9. The molecule has 1 fully saturated rings. The van der Waals surface area contributed by atoms with Gasteiger partial charge in [0, 0.05) is 6.26 Å². The quantitative estimate of drug-likeness (QED) is 0.927. The van der Waals surface area contributed by atoms with E-state index in [1.807, 2.05) is 24.3 Å². The van der Waals surface area contributed by atoms with E-state index in [2.05, 4.69) is 13.8 Å². The molecular formula is C15H22O3S. The van der Waals surface area contributed by atoms with Gasteiger partial charge in [0.1, 0.15) is 5.60 Å². The zero-order chi connectivity index (χ0) is 14.3. The van der Waals surface area contributed by atoms with Crippen molar-refractivity contribution in [2.75, 3.05) is 6.26 Å². The standard InChI is InChI=1S/C15H22O3S/c1-11(2)12-6-8-13(9-7-12)15(16)10-4-5-14(15)19(3,17)18/h6-9,11,14,16H,4-5,10H2,1-3H3. The van der Waals surface area contributed by atoms with Crippen molar-refractivity contribution in [2.45, 2.75) is 49.9 Å². The Hall–Kier alpha value is -0.870. The van der Waals surface area contributed by atoms with Crippen LogP contribution in [0, 0.1) is 0 Å². The predicted molar refractivity (Wildman–Crippen MR) is 76.9 cm³/mol. The minimum atomic E-state index is -3.23. The number of sulfone groups is 1. The molecule has 2 unspecified atom stereocenters. The van der Waals surface area contributed by atoms with Gasteiger partial charge in [-0.25, -0.2) is 8.42 Å².